The van der Waals surface area contributed by atoms with Crippen molar-refractivity contribution in [3.63, 3.8) is 0 Å². The molecule has 5 nitrogen and oxygen atoms in total. The zero-order valence-electron chi connectivity index (χ0n) is 11.3. The maximum atomic E-state index is 12.4. The molecule has 0 aliphatic heterocycles. The molecule has 0 amide bonds. The second-order valence-electron chi connectivity index (χ2n) is 4.09. The molecule has 0 spiro atoms. The van der Waals surface area contributed by atoms with E-state index in [1.165, 1.54) is 0 Å². The van der Waals surface area contributed by atoms with Gasteiger partial charge in [0.05, 0.1) is 17.1 Å². The summed E-state index contributed by atoms with van der Waals surface area (Å²) in [5, 5.41) is 0. The fourth-order valence-corrected chi connectivity index (χ4v) is 2.58. The summed E-state index contributed by atoms with van der Waals surface area (Å²) in [5.74, 6) is -0.740. The number of sulfonamides is 1. The van der Waals surface area contributed by atoms with Gasteiger partial charge in [0.15, 0.2) is 0 Å². The van der Waals surface area contributed by atoms with Gasteiger partial charge < -0.3 is 4.74 Å². The molecule has 0 atom stereocenters. The first-order valence-corrected chi connectivity index (χ1v) is 7.32. The highest BCUT2D eigenvalue weighted by atomic mass is 32.2. The van der Waals surface area contributed by atoms with Crippen molar-refractivity contribution in [3.8, 4) is 0 Å². The number of hydrogen-bond acceptors (Lipinski definition) is 4. The normalized spacial score (nSPS) is 12.5. The van der Waals surface area contributed by atoms with Crippen LogP contribution in [0.25, 0.3) is 0 Å². The SMILES string of the molecule is CCOC(=O)CN(C)S(=O)(=O)c1ccc(C(F)(F)F)cc1. The first kappa shape index (κ1) is 17.4. The molecule has 9 heteroatoms. The van der Waals surface area contributed by atoms with E-state index in [0.717, 1.165) is 19.2 Å². The molecule has 0 aliphatic carbocycles. The van der Waals surface area contributed by atoms with Crippen LogP contribution >= 0.6 is 0 Å². The van der Waals surface area contributed by atoms with Crippen molar-refractivity contribution >= 4 is 16.0 Å². The Balaban J connectivity index is 2.95. The smallest absolute Gasteiger partial charge is 0.416 e. The minimum atomic E-state index is -4.54. The lowest BCUT2D eigenvalue weighted by atomic mass is 10.2. The van der Waals surface area contributed by atoms with Crippen LogP contribution in [-0.4, -0.2) is 38.9 Å². The number of carbonyl (C=O) groups is 1. The highest BCUT2D eigenvalue weighted by Crippen LogP contribution is 2.30. The van der Waals surface area contributed by atoms with Crippen LogP contribution in [0.2, 0.25) is 0 Å². The van der Waals surface area contributed by atoms with Gasteiger partial charge in [-0.05, 0) is 31.2 Å². The van der Waals surface area contributed by atoms with Crippen molar-refractivity contribution in [2.24, 2.45) is 0 Å². The Morgan fingerprint density at radius 3 is 2.19 bits per heavy atom. The summed E-state index contributed by atoms with van der Waals surface area (Å²) in [6.45, 7) is 1.16. The molecular formula is C12H14F3NO4S. The van der Waals surface area contributed by atoms with E-state index >= 15 is 0 Å². The Kier molecular flexibility index (Phi) is 5.35. The minimum Gasteiger partial charge on any atom is -0.465 e. The van der Waals surface area contributed by atoms with E-state index in [-0.39, 0.29) is 11.5 Å². The van der Waals surface area contributed by atoms with E-state index in [0.29, 0.717) is 16.4 Å². The van der Waals surface area contributed by atoms with Crippen molar-refractivity contribution in [1.82, 2.24) is 4.31 Å². The molecule has 0 unspecified atom stereocenters. The number of likely N-dealkylation sites (N-methyl/N-ethyl adjacent to an activating group) is 1. The van der Waals surface area contributed by atoms with Crippen LogP contribution in [0.1, 0.15) is 12.5 Å². The predicted octanol–water partition coefficient (Wildman–Crippen LogP) is 1.89. The van der Waals surface area contributed by atoms with Gasteiger partial charge in [0, 0.05) is 7.05 Å². The largest absolute Gasteiger partial charge is 0.465 e. The molecule has 21 heavy (non-hydrogen) atoms. The van der Waals surface area contributed by atoms with Crippen LogP contribution in [-0.2, 0) is 25.7 Å². The minimum absolute atomic E-state index is 0.104. The zero-order valence-corrected chi connectivity index (χ0v) is 12.2. The van der Waals surface area contributed by atoms with Crippen LogP contribution in [0.3, 0.4) is 0 Å². The first-order chi connectivity index (χ1) is 9.59. The van der Waals surface area contributed by atoms with Crippen molar-refractivity contribution < 1.29 is 31.1 Å². The van der Waals surface area contributed by atoms with Gasteiger partial charge in [0.2, 0.25) is 10.0 Å². The van der Waals surface area contributed by atoms with E-state index in [2.05, 4.69) is 4.74 Å². The second kappa shape index (κ2) is 6.44. The lowest BCUT2D eigenvalue weighted by Crippen LogP contribution is -2.33. The summed E-state index contributed by atoms with van der Waals surface area (Å²) in [6.07, 6.45) is -4.54. The molecule has 0 bridgehead atoms. The topological polar surface area (TPSA) is 63.7 Å². The summed E-state index contributed by atoms with van der Waals surface area (Å²) in [5.41, 5.74) is -0.950. The van der Waals surface area contributed by atoms with Gasteiger partial charge in [-0.1, -0.05) is 0 Å². The Morgan fingerprint density at radius 2 is 1.76 bits per heavy atom. The number of esters is 1. The Labute approximate surface area is 120 Å². The number of rotatable bonds is 5. The number of alkyl halides is 3. The van der Waals surface area contributed by atoms with Gasteiger partial charge in [-0.25, -0.2) is 8.42 Å². The van der Waals surface area contributed by atoms with Crippen molar-refractivity contribution in [2.45, 2.75) is 18.0 Å². The van der Waals surface area contributed by atoms with Crippen molar-refractivity contribution in [1.29, 1.82) is 0 Å². The summed E-state index contributed by atoms with van der Waals surface area (Å²) in [6, 6.07) is 3.04. The highest BCUT2D eigenvalue weighted by molar-refractivity contribution is 7.89. The third kappa shape index (κ3) is 4.43. The molecule has 0 saturated carbocycles. The average Bonchev–Trinajstić information content (AvgIpc) is 2.38. The van der Waals surface area contributed by atoms with Gasteiger partial charge in [-0.15, -0.1) is 0 Å². The second-order valence-corrected chi connectivity index (χ2v) is 6.13. The van der Waals surface area contributed by atoms with Crippen LogP contribution in [0.4, 0.5) is 13.2 Å². The standard InChI is InChI=1S/C12H14F3NO4S/c1-3-20-11(17)8-16(2)21(18,19)10-6-4-9(5-7-10)12(13,14)15/h4-7H,3,8H2,1-2H3. The van der Waals surface area contributed by atoms with Gasteiger partial charge in [0.1, 0.15) is 6.54 Å². The van der Waals surface area contributed by atoms with Crippen LogP contribution < -0.4 is 0 Å². The fourth-order valence-electron chi connectivity index (χ4n) is 1.47. The molecule has 0 heterocycles. The molecular weight excluding hydrogens is 311 g/mol. The molecule has 0 radical (unpaired) electrons. The predicted molar refractivity (Wildman–Crippen MR) is 67.9 cm³/mol. The van der Waals surface area contributed by atoms with E-state index in [4.69, 9.17) is 0 Å². The Morgan fingerprint density at radius 1 is 1.24 bits per heavy atom. The molecule has 0 aliphatic rings. The summed E-state index contributed by atoms with van der Waals surface area (Å²) in [4.78, 5) is 10.9. The van der Waals surface area contributed by atoms with E-state index in [1.807, 2.05) is 0 Å². The molecule has 1 aromatic rings. The summed E-state index contributed by atoms with van der Waals surface area (Å²) in [7, 11) is -2.91. The maximum absolute atomic E-state index is 12.4. The maximum Gasteiger partial charge on any atom is 0.416 e. The summed E-state index contributed by atoms with van der Waals surface area (Å²) < 4.78 is 66.7. The number of ether oxygens (including phenoxy) is 1. The lowest BCUT2D eigenvalue weighted by molar-refractivity contribution is -0.143. The fraction of sp³-hybridized carbons (Fsp3) is 0.417. The number of hydrogen-bond donors (Lipinski definition) is 0. The third-order valence-corrected chi connectivity index (χ3v) is 4.36. The third-order valence-electron chi connectivity index (χ3n) is 2.55. The molecule has 0 aromatic heterocycles. The van der Waals surface area contributed by atoms with E-state index in [1.54, 1.807) is 6.92 Å². The Bertz CT molecular complexity index is 596. The van der Waals surface area contributed by atoms with Gasteiger partial charge in [-0.3, -0.25) is 4.79 Å². The molecule has 118 valence electrons. The van der Waals surface area contributed by atoms with Crippen LogP contribution in [0.5, 0.6) is 0 Å². The average molecular weight is 325 g/mol. The van der Waals surface area contributed by atoms with Crippen LogP contribution in [0.15, 0.2) is 29.2 Å². The van der Waals surface area contributed by atoms with Crippen LogP contribution in [0, 0.1) is 0 Å². The number of nitrogens with zero attached hydrogens (tertiary/aromatic N) is 1. The monoisotopic (exact) mass is 325 g/mol. The van der Waals surface area contributed by atoms with Gasteiger partial charge in [-0.2, -0.15) is 17.5 Å². The zero-order chi connectivity index (χ0) is 16.3. The Hall–Kier alpha value is -1.61. The van der Waals surface area contributed by atoms with E-state index in [9.17, 15) is 26.4 Å². The molecule has 0 saturated heterocycles. The molecule has 0 fully saturated rings. The lowest BCUT2D eigenvalue weighted by Gasteiger charge is -2.16. The van der Waals surface area contributed by atoms with Gasteiger partial charge >= 0.3 is 12.1 Å². The number of halogens is 3. The van der Waals surface area contributed by atoms with Gasteiger partial charge in [0.25, 0.3) is 0 Å². The quantitative estimate of drug-likeness (QED) is 0.776. The molecule has 1 aromatic carbocycles. The first-order valence-electron chi connectivity index (χ1n) is 5.88. The summed E-state index contributed by atoms with van der Waals surface area (Å²) >= 11 is 0. The number of benzene rings is 1. The van der Waals surface area contributed by atoms with E-state index < -0.39 is 34.3 Å². The van der Waals surface area contributed by atoms with Crippen molar-refractivity contribution in [3.05, 3.63) is 29.8 Å². The highest BCUT2D eigenvalue weighted by Gasteiger charge is 2.31. The van der Waals surface area contributed by atoms with Crippen molar-refractivity contribution in [2.75, 3.05) is 20.2 Å². The number of carbonyl (C=O) groups excluding carboxylic acids is 1. The molecule has 1 rings (SSSR count). The molecule has 0 N–H and O–H groups in total.